The van der Waals surface area contributed by atoms with Gasteiger partial charge >= 0.3 is 0 Å². The van der Waals surface area contributed by atoms with Gasteiger partial charge in [0.15, 0.2) is 5.82 Å². The molecule has 8 nitrogen and oxygen atoms in total. The van der Waals surface area contributed by atoms with E-state index in [0.29, 0.717) is 10.9 Å². The van der Waals surface area contributed by atoms with Crippen LogP contribution in [0.1, 0.15) is 11.4 Å². The Kier molecular flexibility index (Phi) is 3.97. The van der Waals surface area contributed by atoms with Gasteiger partial charge in [-0.1, -0.05) is 12.1 Å². The summed E-state index contributed by atoms with van der Waals surface area (Å²) in [5.74, 6) is -0.516. The van der Waals surface area contributed by atoms with E-state index in [1.807, 2.05) is 6.07 Å². The van der Waals surface area contributed by atoms with Gasteiger partial charge in [-0.2, -0.15) is 5.26 Å². The highest BCUT2D eigenvalue weighted by atomic mass is 16.6. The lowest BCUT2D eigenvalue weighted by Gasteiger charge is -2.05. The minimum absolute atomic E-state index is 0.0814. The standard InChI is InChI=1S/C17H10N4O4/c18-9-13(15(22)10-5-7-11(8-6-10)21(24)25)16-19-14-4-2-1-3-12(14)17(23)20-16/h1-8,22H,(H,19,20,23)/b15-13-. The fourth-order valence-electron chi connectivity index (χ4n) is 2.31. The Labute approximate surface area is 140 Å². The van der Waals surface area contributed by atoms with Crippen molar-refractivity contribution in [1.29, 1.82) is 5.26 Å². The second kappa shape index (κ2) is 6.25. The Morgan fingerprint density at radius 3 is 2.52 bits per heavy atom. The van der Waals surface area contributed by atoms with Crippen LogP contribution >= 0.6 is 0 Å². The fraction of sp³-hybridized carbons (Fsp3) is 0. The SMILES string of the molecule is N#C/C(=C(/O)c1ccc([N+](=O)[O-])cc1)c1nc2ccccc2c(=O)[nH]1. The third kappa shape index (κ3) is 2.94. The molecule has 8 heteroatoms. The molecule has 0 fully saturated rings. The minimum Gasteiger partial charge on any atom is -0.506 e. The van der Waals surface area contributed by atoms with Crippen molar-refractivity contribution < 1.29 is 10.0 Å². The molecule has 0 spiro atoms. The van der Waals surface area contributed by atoms with Crippen LogP contribution in [0.3, 0.4) is 0 Å². The summed E-state index contributed by atoms with van der Waals surface area (Å²) in [5.41, 5.74) is -0.252. The van der Waals surface area contributed by atoms with Crippen LogP contribution in [0.4, 0.5) is 5.69 Å². The molecule has 0 aliphatic rings. The lowest BCUT2D eigenvalue weighted by molar-refractivity contribution is -0.384. The maximum Gasteiger partial charge on any atom is 0.269 e. The number of nitriles is 1. The number of fused-ring (bicyclic) bond motifs is 1. The van der Waals surface area contributed by atoms with E-state index in [1.54, 1.807) is 24.3 Å². The number of aromatic nitrogens is 2. The number of rotatable bonds is 3. The van der Waals surface area contributed by atoms with Crippen LogP contribution in [0.5, 0.6) is 0 Å². The summed E-state index contributed by atoms with van der Waals surface area (Å²) in [6.45, 7) is 0. The number of allylic oxidation sites excluding steroid dienone is 1. The molecule has 0 aliphatic carbocycles. The van der Waals surface area contributed by atoms with Crippen LogP contribution in [0.15, 0.2) is 53.3 Å². The van der Waals surface area contributed by atoms with Gasteiger partial charge in [-0.15, -0.1) is 0 Å². The Morgan fingerprint density at radius 2 is 1.88 bits per heavy atom. The molecular weight excluding hydrogens is 324 g/mol. The number of aliphatic hydroxyl groups excluding tert-OH is 1. The lowest BCUT2D eigenvalue weighted by atomic mass is 10.1. The number of hydrogen-bond donors (Lipinski definition) is 2. The fourth-order valence-corrected chi connectivity index (χ4v) is 2.31. The highest BCUT2D eigenvalue weighted by Gasteiger charge is 2.15. The van der Waals surface area contributed by atoms with E-state index in [1.165, 1.54) is 24.3 Å². The third-order valence-electron chi connectivity index (χ3n) is 3.55. The third-order valence-corrected chi connectivity index (χ3v) is 3.55. The highest BCUT2D eigenvalue weighted by Crippen LogP contribution is 2.24. The molecule has 2 aromatic carbocycles. The summed E-state index contributed by atoms with van der Waals surface area (Å²) in [5, 5.41) is 30.8. The number of H-pyrrole nitrogens is 1. The Morgan fingerprint density at radius 1 is 1.20 bits per heavy atom. The van der Waals surface area contributed by atoms with Crippen molar-refractivity contribution in [2.24, 2.45) is 0 Å². The molecule has 3 rings (SSSR count). The lowest BCUT2D eigenvalue weighted by Crippen LogP contribution is -2.11. The number of aliphatic hydroxyl groups is 1. The van der Waals surface area contributed by atoms with E-state index in [0.717, 1.165) is 0 Å². The first-order chi connectivity index (χ1) is 12.0. The Hall–Kier alpha value is -3.99. The maximum atomic E-state index is 12.1. The smallest absolute Gasteiger partial charge is 0.269 e. The minimum atomic E-state index is -0.571. The summed E-state index contributed by atoms with van der Waals surface area (Å²) < 4.78 is 0. The Bertz CT molecular complexity index is 1110. The van der Waals surface area contributed by atoms with Gasteiger partial charge in [-0.25, -0.2) is 4.98 Å². The molecule has 122 valence electrons. The summed E-state index contributed by atoms with van der Waals surface area (Å²) in [7, 11) is 0. The molecule has 0 amide bonds. The van der Waals surface area contributed by atoms with Crippen molar-refractivity contribution in [2.75, 3.05) is 0 Å². The zero-order valence-electron chi connectivity index (χ0n) is 12.6. The molecule has 0 aliphatic heterocycles. The van der Waals surface area contributed by atoms with Crippen LogP contribution in [0.2, 0.25) is 0 Å². The molecule has 0 atom stereocenters. The van der Waals surface area contributed by atoms with E-state index in [9.17, 15) is 25.3 Å². The molecule has 1 heterocycles. The first-order valence-corrected chi connectivity index (χ1v) is 7.09. The zero-order chi connectivity index (χ0) is 18.0. The molecule has 3 aromatic rings. The molecule has 0 unspecified atom stereocenters. The van der Waals surface area contributed by atoms with Gasteiger partial charge in [0, 0.05) is 17.7 Å². The normalized spacial score (nSPS) is 11.6. The monoisotopic (exact) mass is 334 g/mol. The maximum absolute atomic E-state index is 12.1. The quantitative estimate of drug-likeness (QED) is 0.327. The van der Waals surface area contributed by atoms with Gasteiger partial charge in [0.2, 0.25) is 0 Å². The van der Waals surface area contributed by atoms with Crippen molar-refractivity contribution in [3.8, 4) is 6.07 Å². The Balaban J connectivity index is 2.15. The van der Waals surface area contributed by atoms with Crippen molar-refractivity contribution in [3.63, 3.8) is 0 Å². The first-order valence-electron chi connectivity index (χ1n) is 7.09. The predicted molar refractivity (Wildman–Crippen MR) is 90.5 cm³/mol. The molecule has 25 heavy (non-hydrogen) atoms. The summed E-state index contributed by atoms with van der Waals surface area (Å²) in [6.07, 6.45) is 0. The van der Waals surface area contributed by atoms with E-state index in [-0.39, 0.29) is 22.6 Å². The molecular formula is C17H10N4O4. The van der Waals surface area contributed by atoms with Gasteiger partial charge in [0.1, 0.15) is 17.4 Å². The van der Waals surface area contributed by atoms with Crippen LogP contribution in [-0.4, -0.2) is 20.0 Å². The predicted octanol–water partition coefficient (Wildman–Crippen LogP) is 2.78. The summed E-state index contributed by atoms with van der Waals surface area (Å²) in [6, 6.07) is 13.4. The molecule has 0 saturated carbocycles. The molecule has 1 aromatic heterocycles. The molecule has 0 bridgehead atoms. The number of nitro groups is 1. The second-order valence-corrected chi connectivity index (χ2v) is 5.07. The van der Waals surface area contributed by atoms with Gasteiger partial charge in [0.25, 0.3) is 11.2 Å². The van der Waals surface area contributed by atoms with Gasteiger partial charge in [-0.05, 0) is 24.3 Å². The van der Waals surface area contributed by atoms with Gasteiger partial charge in [0.05, 0.1) is 15.8 Å². The molecule has 0 saturated heterocycles. The highest BCUT2D eigenvalue weighted by molar-refractivity contribution is 5.93. The first kappa shape index (κ1) is 15.9. The molecule has 2 N–H and O–H groups in total. The van der Waals surface area contributed by atoms with E-state index in [4.69, 9.17) is 0 Å². The number of non-ortho nitro benzene ring substituents is 1. The van der Waals surface area contributed by atoms with Crippen molar-refractivity contribution in [3.05, 3.63) is 80.4 Å². The van der Waals surface area contributed by atoms with Crippen molar-refractivity contribution in [1.82, 2.24) is 9.97 Å². The van der Waals surface area contributed by atoms with E-state index in [2.05, 4.69) is 9.97 Å². The number of nitrogens with one attached hydrogen (secondary N) is 1. The van der Waals surface area contributed by atoms with Gasteiger partial charge in [-0.3, -0.25) is 14.9 Å². The topological polar surface area (TPSA) is 133 Å². The second-order valence-electron chi connectivity index (χ2n) is 5.07. The van der Waals surface area contributed by atoms with E-state index >= 15 is 0 Å². The summed E-state index contributed by atoms with van der Waals surface area (Å²) in [4.78, 5) is 28.9. The van der Waals surface area contributed by atoms with Gasteiger partial charge < -0.3 is 10.1 Å². The average molecular weight is 334 g/mol. The summed E-state index contributed by atoms with van der Waals surface area (Å²) >= 11 is 0. The molecule has 0 radical (unpaired) electrons. The zero-order valence-corrected chi connectivity index (χ0v) is 12.6. The van der Waals surface area contributed by atoms with Crippen molar-refractivity contribution >= 4 is 27.9 Å². The van der Waals surface area contributed by atoms with Crippen molar-refractivity contribution in [2.45, 2.75) is 0 Å². The number of aromatic amines is 1. The van der Waals surface area contributed by atoms with Crippen LogP contribution in [-0.2, 0) is 0 Å². The van der Waals surface area contributed by atoms with Crippen LogP contribution < -0.4 is 5.56 Å². The van der Waals surface area contributed by atoms with Crippen LogP contribution in [0, 0.1) is 21.4 Å². The number of hydrogen-bond acceptors (Lipinski definition) is 6. The largest absolute Gasteiger partial charge is 0.506 e. The number of para-hydroxylation sites is 1. The number of benzene rings is 2. The number of nitro benzene ring substituents is 1. The van der Waals surface area contributed by atoms with E-state index < -0.39 is 16.2 Å². The number of nitrogens with zero attached hydrogens (tertiary/aromatic N) is 3. The van der Waals surface area contributed by atoms with Crippen LogP contribution in [0.25, 0.3) is 22.2 Å². The average Bonchev–Trinajstić information content (AvgIpc) is 2.62.